The van der Waals surface area contributed by atoms with Crippen LogP contribution in [0.25, 0.3) is 0 Å². The highest BCUT2D eigenvalue weighted by atomic mass is 35.5. The zero-order valence-corrected chi connectivity index (χ0v) is 16.6. The third kappa shape index (κ3) is 5.45. The van der Waals surface area contributed by atoms with Crippen molar-refractivity contribution in [3.63, 3.8) is 0 Å². The number of nitrogens with one attached hydrogen (secondary N) is 2. The molecule has 0 spiro atoms. The molecule has 0 aliphatic carbocycles. The fourth-order valence-electron chi connectivity index (χ4n) is 2.26. The van der Waals surface area contributed by atoms with Gasteiger partial charge in [-0.05, 0) is 49.2 Å². The van der Waals surface area contributed by atoms with Crippen molar-refractivity contribution < 1.29 is 13.2 Å². The number of sulfonamides is 1. The number of benzene rings is 2. The molecule has 2 rings (SSSR count). The van der Waals surface area contributed by atoms with Crippen molar-refractivity contribution in [1.82, 2.24) is 0 Å². The molecule has 2 aromatic carbocycles. The van der Waals surface area contributed by atoms with Gasteiger partial charge in [-0.15, -0.1) is 12.4 Å². The normalized spacial score (nSPS) is 12.0. The lowest BCUT2D eigenvalue weighted by Crippen LogP contribution is -2.26. The monoisotopic (exact) mass is 397 g/mol. The van der Waals surface area contributed by atoms with Crippen LogP contribution in [0, 0.1) is 19.8 Å². The highest BCUT2D eigenvalue weighted by molar-refractivity contribution is 7.92. The maximum absolute atomic E-state index is 12.7. The van der Waals surface area contributed by atoms with Crippen molar-refractivity contribution in [3.8, 4) is 0 Å². The van der Waals surface area contributed by atoms with Gasteiger partial charge in [0.05, 0.1) is 4.90 Å². The zero-order valence-electron chi connectivity index (χ0n) is 14.9. The molecule has 0 bridgehead atoms. The van der Waals surface area contributed by atoms with E-state index in [-0.39, 0.29) is 35.7 Å². The lowest BCUT2D eigenvalue weighted by molar-refractivity contribution is -0.119. The van der Waals surface area contributed by atoms with Crippen molar-refractivity contribution in [2.24, 2.45) is 11.7 Å². The van der Waals surface area contributed by atoms with Crippen LogP contribution >= 0.6 is 12.4 Å². The largest absolute Gasteiger partial charge is 0.330 e. The van der Waals surface area contributed by atoms with Crippen LogP contribution in [0.4, 0.5) is 11.4 Å². The Bertz CT molecular complexity index is 885. The molecule has 4 N–H and O–H groups in total. The maximum atomic E-state index is 12.7. The number of carbonyl (C=O) groups excluding carboxylic acids is 1. The van der Waals surface area contributed by atoms with Gasteiger partial charge in [0, 0.05) is 23.8 Å². The van der Waals surface area contributed by atoms with Crippen molar-refractivity contribution in [2.75, 3.05) is 16.6 Å². The van der Waals surface area contributed by atoms with E-state index >= 15 is 0 Å². The molecule has 142 valence electrons. The summed E-state index contributed by atoms with van der Waals surface area (Å²) in [4.78, 5) is 12.1. The lowest BCUT2D eigenvalue weighted by atomic mass is 10.1. The Morgan fingerprint density at radius 1 is 1.12 bits per heavy atom. The summed E-state index contributed by atoms with van der Waals surface area (Å²) in [6.45, 7) is 5.52. The molecule has 0 heterocycles. The second-order valence-corrected chi connectivity index (χ2v) is 7.73. The van der Waals surface area contributed by atoms with Gasteiger partial charge in [-0.2, -0.15) is 0 Å². The Morgan fingerprint density at radius 2 is 1.81 bits per heavy atom. The van der Waals surface area contributed by atoms with E-state index in [1.807, 2.05) is 13.0 Å². The molecule has 2 aromatic rings. The first kappa shape index (κ1) is 22.0. The first-order chi connectivity index (χ1) is 11.7. The van der Waals surface area contributed by atoms with Crippen LogP contribution < -0.4 is 15.8 Å². The van der Waals surface area contributed by atoms with E-state index in [1.165, 1.54) is 6.07 Å². The number of rotatable bonds is 6. The summed E-state index contributed by atoms with van der Waals surface area (Å²) in [5, 5.41) is 2.69. The van der Waals surface area contributed by atoms with Crippen LogP contribution in [-0.2, 0) is 14.8 Å². The predicted molar refractivity (Wildman–Crippen MR) is 107 cm³/mol. The SMILES string of the molecule is Cc1cccc(NS(=O)(=O)c2cc(NC(=O)C(C)CN)ccc2C)c1.Cl. The van der Waals surface area contributed by atoms with E-state index < -0.39 is 10.0 Å². The fraction of sp³-hybridized carbons (Fsp3) is 0.278. The number of halogens is 1. The average Bonchev–Trinajstić information content (AvgIpc) is 2.55. The van der Waals surface area contributed by atoms with Gasteiger partial charge in [-0.1, -0.05) is 25.1 Å². The summed E-state index contributed by atoms with van der Waals surface area (Å²) in [5.74, 6) is -0.604. The molecule has 26 heavy (non-hydrogen) atoms. The van der Waals surface area contributed by atoms with E-state index in [1.54, 1.807) is 44.2 Å². The molecule has 0 radical (unpaired) electrons. The zero-order chi connectivity index (χ0) is 18.6. The summed E-state index contributed by atoms with van der Waals surface area (Å²) in [5.41, 5.74) is 7.93. The van der Waals surface area contributed by atoms with Gasteiger partial charge in [-0.3, -0.25) is 9.52 Å². The number of anilines is 2. The second-order valence-electron chi connectivity index (χ2n) is 6.08. The van der Waals surface area contributed by atoms with Crippen LogP contribution in [0.3, 0.4) is 0 Å². The van der Waals surface area contributed by atoms with Gasteiger partial charge in [0.15, 0.2) is 0 Å². The molecule has 0 aromatic heterocycles. The molecule has 1 amide bonds. The molecular weight excluding hydrogens is 374 g/mol. The average molecular weight is 398 g/mol. The quantitative estimate of drug-likeness (QED) is 0.697. The standard InChI is InChI=1S/C18H23N3O3S.ClH/c1-12-5-4-6-16(9-12)21-25(23,24)17-10-15(8-7-13(17)2)20-18(22)14(3)11-19;/h4-10,14,21H,11,19H2,1-3H3,(H,20,22);1H. The summed E-state index contributed by atoms with van der Waals surface area (Å²) in [6, 6.07) is 11.9. The summed E-state index contributed by atoms with van der Waals surface area (Å²) in [6.07, 6.45) is 0. The van der Waals surface area contributed by atoms with Crippen LogP contribution in [0.1, 0.15) is 18.1 Å². The number of hydrogen-bond donors (Lipinski definition) is 3. The Balaban J connectivity index is 0.00000338. The number of carbonyl (C=O) groups is 1. The van der Waals surface area contributed by atoms with E-state index in [9.17, 15) is 13.2 Å². The van der Waals surface area contributed by atoms with Gasteiger partial charge in [0.1, 0.15) is 0 Å². The highest BCUT2D eigenvalue weighted by Gasteiger charge is 2.19. The Labute approximate surface area is 160 Å². The van der Waals surface area contributed by atoms with Crippen molar-refractivity contribution in [2.45, 2.75) is 25.7 Å². The molecule has 0 saturated heterocycles. The van der Waals surface area contributed by atoms with Crippen LogP contribution in [0.15, 0.2) is 47.4 Å². The van der Waals surface area contributed by atoms with E-state index in [0.717, 1.165) is 5.56 Å². The predicted octanol–water partition coefficient (Wildman–Crippen LogP) is 3.06. The lowest BCUT2D eigenvalue weighted by Gasteiger charge is -2.14. The van der Waals surface area contributed by atoms with Crippen LogP contribution in [-0.4, -0.2) is 20.9 Å². The summed E-state index contributed by atoms with van der Waals surface area (Å²) in [7, 11) is -3.77. The third-order valence-corrected chi connectivity index (χ3v) is 5.34. The molecule has 0 fully saturated rings. The molecule has 0 saturated carbocycles. The van der Waals surface area contributed by atoms with Gasteiger partial charge >= 0.3 is 0 Å². The van der Waals surface area contributed by atoms with Crippen molar-refractivity contribution >= 4 is 39.7 Å². The van der Waals surface area contributed by atoms with E-state index in [2.05, 4.69) is 10.0 Å². The minimum absolute atomic E-state index is 0. The number of aryl methyl sites for hydroxylation is 2. The fourth-order valence-corrected chi connectivity index (χ4v) is 3.58. The smallest absolute Gasteiger partial charge is 0.262 e. The van der Waals surface area contributed by atoms with Gasteiger partial charge < -0.3 is 11.1 Å². The van der Waals surface area contributed by atoms with E-state index in [0.29, 0.717) is 16.9 Å². The first-order valence-corrected chi connectivity index (χ1v) is 9.42. The number of hydrogen-bond acceptors (Lipinski definition) is 4. The van der Waals surface area contributed by atoms with E-state index in [4.69, 9.17) is 5.73 Å². The third-order valence-electron chi connectivity index (χ3n) is 3.82. The molecule has 6 nitrogen and oxygen atoms in total. The topological polar surface area (TPSA) is 101 Å². The Kier molecular flexibility index (Phi) is 7.62. The van der Waals surface area contributed by atoms with Crippen molar-refractivity contribution in [3.05, 3.63) is 53.6 Å². The number of amides is 1. The summed E-state index contributed by atoms with van der Waals surface area (Å²) < 4.78 is 28.0. The Hall–Kier alpha value is -2.09. The van der Waals surface area contributed by atoms with Gasteiger partial charge in [0.2, 0.25) is 5.91 Å². The molecule has 8 heteroatoms. The summed E-state index contributed by atoms with van der Waals surface area (Å²) >= 11 is 0. The Morgan fingerprint density at radius 3 is 2.42 bits per heavy atom. The molecule has 1 unspecified atom stereocenters. The minimum Gasteiger partial charge on any atom is -0.330 e. The van der Waals surface area contributed by atoms with Crippen LogP contribution in [0.2, 0.25) is 0 Å². The molecule has 1 atom stereocenters. The van der Waals surface area contributed by atoms with Crippen LogP contribution in [0.5, 0.6) is 0 Å². The highest BCUT2D eigenvalue weighted by Crippen LogP contribution is 2.23. The first-order valence-electron chi connectivity index (χ1n) is 7.94. The van der Waals surface area contributed by atoms with Gasteiger partial charge in [-0.25, -0.2) is 8.42 Å². The van der Waals surface area contributed by atoms with Gasteiger partial charge in [0.25, 0.3) is 10.0 Å². The minimum atomic E-state index is -3.77. The van der Waals surface area contributed by atoms with Crippen molar-refractivity contribution in [1.29, 1.82) is 0 Å². The molecular formula is C18H24ClN3O3S. The second kappa shape index (κ2) is 9.02. The molecule has 0 aliphatic heterocycles. The number of nitrogens with two attached hydrogens (primary N) is 1. The molecule has 0 aliphatic rings. The maximum Gasteiger partial charge on any atom is 0.262 e.